The van der Waals surface area contributed by atoms with E-state index in [1.54, 1.807) is 12.1 Å². The van der Waals surface area contributed by atoms with Crippen molar-refractivity contribution >= 4 is 29.1 Å². The highest BCUT2D eigenvalue weighted by atomic mass is 19.4. The Hall–Kier alpha value is -3.95. The van der Waals surface area contributed by atoms with Gasteiger partial charge in [-0.1, -0.05) is 48.5 Å². The van der Waals surface area contributed by atoms with Crippen LogP contribution < -0.4 is 11.1 Å². The number of likely N-dealkylation sites (tertiary alicyclic amines) is 1. The molecule has 0 aliphatic carbocycles. The molecule has 2 fully saturated rings. The first kappa shape index (κ1) is 29.5. The van der Waals surface area contributed by atoms with Crippen LogP contribution in [-0.4, -0.2) is 48.4 Å². The van der Waals surface area contributed by atoms with Gasteiger partial charge in [0.25, 0.3) is 0 Å². The zero-order valence-corrected chi connectivity index (χ0v) is 23.1. The number of nitrogen functional groups attached to an aromatic ring is 1. The Morgan fingerprint density at radius 2 is 1.79 bits per heavy atom. The number of amides is 1. The van der Waals surface area contributed by atoms with Crippen LogP contribution in [-0.2, 0) is 26.9 Å². The van der Waals surface area contributed by atoms with Gasteiger partial charge in [0.15, 0.2) is 5.78 Å². The minimum absolute atomic E-state index is 0.0770. The van der Waals surface area contributed by atoms with Gasteiger partial charge in [-0.2, -0.15) is 13.2 Å². The number of carbonyl (C=O) groups excluding carboxylic acids is 2. The summed E-state index contributed by atoms with van der Waals surface area (Å²) in [5, 5.41) is 2.80. The molecule has 2 aliphatic rings. The second-order valence-corrected chi connectivity index (χ2v) is 10.9. The maximum atomic E-state index is 13.4. The SMILES string of the molecule is Nc1ccccc1CC(=O)/C=C/c1ccc(C(CCCN2C[C@@H]3C[C@H]2CO3)C(=O)Nc2ccc(C(F)(F)F)cc2)cc1. The first-order chi connectivity index (χ1) is 20.2. The second kappa shape index (κ2) is 12.9. The van der Waals surface area contributed by atoms with E-state index in [1.807, 2.05) is 42.5 Å². The molecule has 3 aromatic carbocycles. The smallest absolute Gasteiger partial charge is 0.398 e. The van der Waals surface area contributed by atoms with Gasteiger partial charge in [-0.05, 0) is 78.9 Å². The lowest BCUT2D eigenvalue weighted by atomic mass is 9.92. The van der Waals surface area contributed by atoms with Gasteiger partial charge in [-0.3, -0.25) is 14.5 Å². The van der Waals surface area contributed by atoms with Gasteiger partial charge in [-0.15, -0.1) is 0 Å². The zero-order valence-electron chi connectivity index (χ0n) is 23.1. The highest BCUT2D eigenvalue weighted by molar-refractivity contribution is 5.96. The molecule has 3 N–H and O–H groups in total. The molecular formula is C33H34F3N3O3. The van der Waals surface area contributed by atoms with Crippen molar-refractivity contribution in [1.29, 1.82) is 0 Å². The van der Waals surface area contributed by atoms with E-state index in [1.165, 1.54) is 18.2 Å². The molecular weight excluding hydrogens is 543 g/mol. The molecule has 2 heterocycles. The number of anilines is 2. The molecule has 3 atom stereocenters. The number of nitrogens with zero attached hydrogens (tertiary/aromatic N) is 1. The molecule has 3 aromatic rings. The molecule has 5 rings (SSSR count). The van der Waals surface area contributed by atoms with Crippen LogP contribution in [0.3, 0.4) is 0 Å². The fraction of sp³-hybridized carbons (Fsp3) is 0.333. The number of nitrogens with two attached hydrogens (primary N) is 1. The molecule has 1 unspecified atom stereocenters. The van der Waals surface area contributed by atoms with E-state index in [2.05, 4.69) is 10.2 Å². The number of nitrogens with one attached hydrogen (secondary N) is 1. The van der Waals surface area contributed by atoms with E-state index in [0.29, 0.717) is 29.9 Å². The molecule has 6 nitrogen and oxygen atoms in total. The van der Waals surface area contributed by atoms with Crippen molar-refractivity contribution in [2.75, 3.05) is 30.7 Å². The third kappa shape index (κ3) is 7.46. The summed E-state index contributed by atoms with van der Waals surface area (Å²) in [5.41, 5.74) is 8.44. The number of ether oxygens (including phenoxy) is 1. The van der Waals surface area contributed by atoms with E-state index in [-0.39, 0.29) is 18.1 Å². The van der Waals surface area contributed by atoms with Gasteiger partial charge in [0.1, 0.15) is 0 Å². The van der Waals surface area contributed by atoms with Crippen molar-refractivity contribution in [3.63, 3.8) is 0 Å². The number of benzene rings is 3. The standard InChI is InChI=1S/C33H34F3N3O3/c34-33(35,36)25-12-14-26(15-13-25)38-32(41)30(5-3-17-39-20-29-19-27(39)21-42-29)23-10-7-22(8-11-23)9-16-28(40)18-24-4-1-2-6-31(24)37/h1-2,4,6-16,27,29-30H,3,5,17-21,37H2,(H,38,41)/b16-9+/t27-,29-,30?/m0/s1. The summed E-state index contributed by atoms with van der Waals surface area (Å²) in [6.07, 6.45) is 1.72. The van der Waals surface area contributed by atoms with E-state index in [9.17, 15) is 22.8 Å². The summed E-state index contributed by atoms with van der Waals surface area (Å²) in [5.74, 6) is -0.851. The van der Waals surface area contributed by atoms with Crippen molar-refractivity contribution < 1.29 is 27.5 Å². The Morgan fingerprint density at radius 3 is 2.43 bits per heavy atom. The minimum atomic E-state index is -4.44. The van der Waals surface area contributed by atoms with Crippen LogP contribution in [0.1, 0.15) is 47.4 Å². The minimum Gasteiger partial charge on any atom is -0.398 e. The Balaban J connectivity index is 1.25. The summed E-state index contributed by atoms with van der Waals surface area (Å²) in [6.45, 7) is 2.51. The lowest BCUT2D eigenvalue weighted by molar-refractivity contribution is -0.137. The van der Waals surface area contributed by atoms with Crippen LogP contribution in [0, 0.1) is 0 Å². The zero-order chi connectivity index (χ0) is 29.7. The molecule has 9 heteroatoms. The molecule has 1 amide bonds. The van der Waals surface area contributed by atoms with E-state index < -0.39 is 17.7 Å². The number of carbonyl (C=O) groups is 2. The number of alkyl halides is 3. The average molecular weight is 578 g/mol. The number of rotatable bonds is 11. The summed E-state index contributed by atoms with van der Waals surface area (Å²) < 4.78 is 44.6. The molecule has 2 saturated heterocycles. The van der Waals surface area contributed by atoms with Gasteiger partial charge in [-0.25, -0.2) is 0 Å². The summed E-state index contributed by atoms with van der Waals surface area (Å²) >= 11 is 0. The average Bonchev–Trinajstić information content (AvgIpc) is 3.59. The van der Waals surface area contributed by atoms with Crippen LogP contribution in [0.2, 0.25) is 0 Å². The quantitative estimate of drug-likeness (QED) is 0.213. The number of para-hydroxylation sites is 1. The van der Waals surface area contributed by atoms with Crippen LogP contribution in [0.15, 0.2) is 78.9 Å². The number of fused-ring (bicyclic) bond motifs is 2. The third-order valence-electron chi connectivity index (χ3n) is 7.97. The number of ketones is 1. The van der Waals surface area contributed by atoms with E-state index >= 15 is 0 Å². The first-order valence-electron chi connectivity index (χ1n) is 14.1. The molecule has 2 bridgehead atoms. The lowest BCUT2D eigenvalue weighted by Crippen LogP contribution is -2.37. The fourth-order valence-electron chi connectivity index (χ4n) is 5.64. The van der Waals surface area contributed by atoms with E-state index in [4.69, 9.17) is 10.5 Å². The van der Waals surface area contributed by atoms with Gasteiger partial charge in [0.05, 0.1) is 24.2 Å². The summed E-state index contributed by atoms with van der Waals surface area (Å²) in [6, 6.07) is 19.6. The van der Waals surface area contributed by atoms with Gasteiger partial charge < -0.3 is 15.8 Å². The molecule has 220 valence electrons. The Morgan fingerprint density at radius 1 is 1.05 bits per heavy atom. The van der Waals surface area contributed by atoms with Crippen LogP contribution in [0.5, 0.6) is 0 Å². The molecule has 0 saturated carbocycles. The number of allylic oxidation sites excluding steroid dienone is 1. The monoisotopic (exact) mass is 577 g/mol. The molecule has 42 heavy (non-hydrogen) atoms. The maximum absolute atomic E-state index is 13.4. The number of hydrogen-bond donors (Lipinski definition) is 2. The fourth-order valence-corrected chi connectivity index (χ4v) is 5.64. The largest absolute Gasteiger partial charge is 0.416 e. The Labute approximate surface area is 243 Å². The van der Waals surface area contributed by atoms with Gasteiger partial charge in [0, 0.05) is 30.4 Å². The van der Waals surface area contributed by atoms with Crippen LogP contribution >= 0.6 is 0 Å². The van der Waals surface area contributed by atoms with E-state index in [0.717, 1.165) is 61.4 Å². The van der Waals surface area contributed by atoms with Crippen molar-refractivity contribution in [3.05, 3.63) is 101 Å². The van der Waals surface area contributed by atoms with Gasteiger partial charge >= 0.3 is 6.18 Å². The Bertz CT molecular complexity index is 1420. The maximum Gasteiger partial charge on any atom is 0.416 e. The molecule has 0 aromatic heterocycles. The normalized spacial score (nSPS) is 19.3. The predicted octanol–water partition coefficient (Wildman–Crippen LogP) is 6.09. The molecule has 0 radical (unpaired) electrons. The van der Waals surface area contributed by atoms with Gasteiger partial charge in [0.2, 0.25) is 5.91 Å². The van der Waals surface area contributed by atoms with Crippen molar-refractivity contribution in [2.24, 2.45) is 0 Å². The highest BCUT2D eigenvalue weighted by Crippen LogP contribution is 2.32. The molecule has 2 aliphatic heterocycles. The predicted molar refractivity (Wildman–Crippen MR) is 157 cm³/mol. The number of morpholine rings is 1. The molecule has 0 spiro atoms. The summed E-state index contributed by atoms with van der Waals surface area (Å²) in [7, 11) is 0. The Kier molecular flexibility index (Phi) is 9.09. The first-order valence-corrected chi connectivity index (χ1v) is 14.1. The van der Waals surface area contributed by atoms with Crippen molar-refractivity contribution in [1.82, 2.24) is 4.90 Å². The van der Waals surface area contributed by atoms with Crippen molar-refractivity contribution in [3.8, 4) is 0 Å². The van der Waals surface area contributed by atoms with Crippen LogP contribution in [0.4, 0.5) is 24.5 Å². The lowest BCUT2D eigenvalue weighted by Gasteiger charge is -2.27. The third-order valence-corrected chi connectivity index (χ3v) is 7.97. The van der Waals surface area contributed by atoms with Crippen LogP contribution in [0.25, 0.3) is 6.08 Å². The highest BCUT2D eigenvalue weighted by Gasteiger charge is 2.38. The number of halogens is 3. The number of hydrogen-bond acceptors (Lipinski definition) is 5. The van der Waals surface area contributed by atoms with Crippen molar-refractivity contribution in [2.45, 2.75) is 49.9 Å². The summed E-state index contributed by atoms with van der Waals surface area (Å²) in [4.78, 5) is 28.3. The topological polar surface area (TPSA) is 84.7 Å². The second-order valence-electron chi connectivity index (χ2n) is 10.9.